The van der Waals surface area contributed by atoms with Crippen LogP contribution in [0.5, 0.6) is 0 Å². The topological polar surface area (TPSA) is 198 Å². The Bertz CT molecular complexity index is 1680. The van der Waals surface area contributed by atoms with Crippen molar-refractivity contribution in [2.75, 3.05) is 17.7 Å². The first kappa shape index (κ1) is 37.2. The average Bonchev–Trinajstić information content (AvgIpc) is 3.37. The fourth-order valence-electron chi connectivity index (χ4n) is 4.15. The molecular formula is C28H29ClF3N3O8S2. The summed E-state index contributed by atoms with van der Waals surface area (Å²) in [5.41, 5.74) is 13.1. The number of hydrogen-bond donors (Lipinski definition) is 4. The second kappa shape index (κ2) is 15.8. The fourth-order valence-corrected chi connectivity index (χ4v) is 7.28. The molecule has 2 amide bonds. The summed E-state index contributed by atoms with van der Waals surface area (Å²) in [6, 6.07) is 13.4. The van der Waals surface area contributed by atoms with Gasteiger partial charge in [-0.2, -0.15) is 13.2 Å². The van der Waals surface area contributed by atoms with E-state index >= 15 is 0 Å². The number of carbonyl (C=O) groups is 4. The quantitative estimate of drug-likeness (QED) is 0.279. The molecule has 244 valence electrons. The van der Waals surface area contributed by atoms with Gasteiger partial charge < -0.3 is 21.7 Å². The molecule has 11 nitrogen and oxygen atoms in total. The molecule has 45 heavy (non-hydrogen) atoms. The maximum Gasteiger partial charge on any atom is 0.490 e. The number of nitrogens with two attached hydrogens (primary N) is 2. The number of amides is 2. The summed E-state index contributed by atoms with van der Waals surface area (Å²) in [6.07, 6.45) is -0.326. The number of halogens is 4. The van der Waals surface area contributed by atoms with Crippen molar-refractivity contribution in [1.82, 2.24) is 0 Å². The number of anilines is 1. The molecule has 3 aromatic rings. The van der Waals surface area contributed by atoms with Crippen molar-refractivity contribution in [3.05, 3.63) is 80.0 Å². The van der Waals surface area contributed by atoms with Gasteiger partial charge in [-0.15, -0.1) is 11.3 Å². The van der Waals surface area contributed by atoms with Crippen molar-refractivity contribution in [2.24, 2.45) is 11.5 Å². The van der Waals surface area contributed by atoms with Gasteiger partial charge in [0.05, 0.1) is 15.6 Å². The van der Waals surface area contributed by atoms with Gasteiger partial charge in [-0.25, -0.2) is 13.2 Å². The number of primary amides is 1. The van der Waals surface area contributed by atoms with Crippen molar-refractivity contribution in [1.29, 1.82) is 0 Å². The molecule has 0 aliphatic heterocycles. The van der Waals surface area contributed by atoms with Crippen LogP contribution in [0.15, 0.2) is 53.4 Å². The van der Waals surface area contributed by atoms with Crippen LogP contribution in [0.25, 0.3) is 0 Å². The summed E-state index contributed by atoms with van der Waals surface area (Å²) in [4.78, 5) is 46.4. The van der Waals surface area contributed by atoms with Gasteiger partial charge in [-0.3, -0.25) is 19.3 Å². The van der Waals surface area contributed by atoms with Gasteiger partial charge in [0, 0.05) is 23.2 Å². The second-order valence-corrected chi connectivity index (χ2v) is 12.9. The van der Waals surface area contributed by atoms with E-state index in [1.807, 2.05) is 0 Å². The molecule has 6 N–H and O–H groups in total. The van der Waals surface area contributed by atoms with Crippen LogP contribution in [0.2, 0.25) is 5.02 Å². The molecule has 0 fully saturated rings. The number of sulfone groups is 1. The third-order valence-electron chi connectivity index (χ3n) is 6.05. The smallest absolute Gasteiger partial charge is 0.480 e. The number of aryl methyl sites for hydroxylation is 1. The monoisotopic (exact) mass is 691 g/mol. The molecule has 2 aromatic carbocycles. The van der Waals surface area contributed by atoms with Gasteiger partial charge in [0.2, 0.25) is 0 Å². The van der Waals surface area contributed by atoms with Crippen LogP contribution < -0.4 is 16.4 Å². The molecule has 1 aromatic heterocycles. The molecule has 0 radical (unpaired) electrons. The number of rotatable bonds is 7. The molecule has 0 saturated heterocycles. The molecule has 0 unspecified atom stereocenters. The number of benzene rings is 2. The summed E-state index contributed by atoms with van der Waals surface area (Å²) in [6.45, 7) is -0.179. The standard InChI is InChI=1S/C16H15ClN2O3.C10H13NO3S2.C2HF3O2/c17-13-6-1-2-7-14(13)19(10-15(20)21)16(22)12-5-3-4-11(8-12)9-18;1-16(13,14)9-6-4-2-3-5-7(6)15-8(9)10(11)12;3-2(4,5)1(6)7/h1-8H,9-10,18H2,(H,20,21);2-5H2,1H3,(H2,11,12);(H,6,7). The average molecular weight is 692 g/mol. The van der Waals surface area contributed by atoms with E-state index in [9.17, 15) is 36.0 Å². The van der Waals surface area contributed by atoms with E-state index < -0.39 is 46.3 Å². The van der Waals surface area contributed by atoms with Gasteiger partial charge in [0.25, 0.3) is 11.8 Å². The number of thiophene rings is 1. The molecule has 1 heterocycles. The Hall–Kier alpha value is -3.99. The number of nitrogens with zero attached hydrogens (tertiary/aromatic N) is 1. The third kappa shape index (κ3) is 10.6. The molecule has 0 bridgehead atoms. The Kier molecular flexibility index (Phi) is 13.1. The van der Waals surface area contributed by atoms with Gasteiger partial charge in [-0.05, 0) is 61.1 Å². The predicted octanol–water partition coefficient (Wildman–Crippen LogP) is 4.29. The van der Waals surface area contributed by atoms with Gasteiger partial charge in [0.15, 0.2) is 9.84 Å². The number of alkyl halides is 3. The van der Waals surface area contributed by atoms with Crippen molar-refractivity contribution in [3.63, 3.8) is 0 Å². The van der Waals surface area contributed by atoms with E-state index in [1.165, 1.54) is 11.3 Å². The molecule has 1 aliphatic carbocycles. The SMILES string of the molecule is CS(=O)(=O)c1c(C(N)=O)sc2c1CCCC2.NCc1cccc(C(=O)N(CC(=O)O)c2ccccc2Cl)c1.O=C(O)C(F)(F)F. The number of carbonyl (C=O) groups excluding carboxylic acids is 2. The first-order valence-corrected chi connectivity index (χ1v) is 16.0. The lowest BCUT2D eigenvalue weighted by atomic mass is 9.99. The van der Waals surface area contributed by atoms with E-state index in [0.29, 0.717) is 22.8 Å². The first-order chi connectivity index (χ1) is 20.9. The molecule has 0 saturated carbocycles. The zero-order valence-electron chi connectivity index (χ0n) is 23.6. The highest BCUT2D eigenvalue weighted by Crippen LogP contribution is 2.37. The van der Waals surface area contributed by atoms with E-state index in [2.05, 4.69) is 0 Å². The van der Waals surface area contributed by atoms with Crippen LogP contribution in [-0.4, -0.2) is 61.4 Å². The molecule has 1 aliphatic rings. The zero-order valence-corrected chi connectivity index (χ0v) is 26.0. The van der Waals surface area contributed by atoms with Crippen molar-refractivity contribution in [3.8, 4) is 0 Å². The largest absolute Gasteiger partial charge is 0.490 e. The minimum atomic E-state index is -5.08. The molecule has 4 rings (SSSR count). The molecule has 17 heteroatoms. The summed E-state index contributed by atoms with van der Waals surface area (Å²) >= 11 is 7.33. The van der Waals surface area contributed by atoms with Gasteiger partial charge in [-0.1, -0.05) is 35.9 Å². The highest BCUT2D eigenvalue weighted by Gasteiger charge is 2.38. The predicted molar refractivity (Wildman–Crippen MR) is 161 cm³/mol. The van der Waals surface area contributed by atoms with Crippen LogP contribution in [-0.2, 0) is 38.8 Å². The Morgan fingerprint density at radius 1 is 1.02 bits per heavy atom. The van der Waals surface area contributed by atoms with Crippen molar-refractivity contribution >= 4 is 62.2 Å². The van der Waals surface area contributed by atoms with E-state index in [4.69, 9.17) is 38.1 Å². The number of hydrogen-bond acceptors (Lipinski definition) is 8. The number of para-hydroxylation sites is 1. The minimum absolute atomic E-state index is 0.180. The van der Waals surface area contributed by atoms with Crippen LogP contribution in [0.1, 0.15) is 48.9 Å². The van der Waals surface area contributed by atoms with Gasteiger partial charge in [0.1, 0.15) is 11.4 Å². The Labute approximate surface area is 265 Å². The maximum atomic E-state index is 12.7. The number of fused-ring (bicyclic) bond motifs is 1. The van der Waals surface area contributed by atoms with Crippen LogP contribution in [0.4, 0.5) is 18.9 Å². The van der Waals surface area contributed by atoms with Crippen LogP contribution in [0, 0.1) is 0 Å². The lowest BCUT2D eigenvalue weighted by Gasteiger charge is -2.22. The van der Waals surface area contributed by atoms with Crippen molar-refractivity contribution < 1.29 is 51.0 Å². The molecular weight excluding hydrogens is 663 g/mol. The van der Waals surface area contributed by atoms with Crippen LogP contribution in [0.3, 0.4) is 0 Å². The number of carboxylic acids is 2. The van der Waals surface area contributed by atoms with Gasteiger partial charge >= 0.3 is 18.1 Å². The van der Waals surface area contributed by atoms with E-state index in [-0.39, 0.29) is 9.77 Å². The summed E-state index contributed by atoms with van der Waals surface area (Å²) < 4.78 is 55.1. The Morgan fingerprint density at radius 2 is 1.62 bits per heavy atom. The Morgan fingerprint density at radius 3 is 2.13 bits per heavy atom. The maximum absolute atomic E-state index is 12.7. The normalized spacial score (nSPS) is 12.4. The van der Waals surface area contributed by atoms with E-state index in [0.717, 1.165) is 52.8 Å². The lowest BCUT2D eigenvalue weighted by molar-refractivity contribution is -0.192. The number of carboxylic acid groups (broad SMARTS) is 2. The zero-order chi connectivity index (χ0) is 34.1. The number of aliphatic carboxylic acids is 2. The van der Waals surface area contributed by atoms with E-state index in [1.54, 1.807) is 48.5 Å². The summed E-state index contributed by atoms with van der Waals surface area (Å²) in [5, 5.41) is 16.5. The first-order valence-electron chi connectivity index (χ1n) is 12.9. The highest BCUT2D eigenvalue weighted by atomic mass is 35.5. The molecule has 0 spiro atoms. The van der Waals surface area contributed by atoms with Crippen molar-refractivity contribution in [2.45, 2.75) is 43.3 Å². The summed E-state index contributed by atoms with van der Waals surface area (Å²) in [5.74, 6) is -4.96. The van der Waals surface area contributed by atoms with Crippen LogP contribution >= 0.6 is 22.9 Å². The molecule has 0 atom stereocenters. The summed E-state index contributed by atoms with van der Waals surface area (Å²) in [7, 11) is -3.37. The lowest BCUT2D eigenvalue weighted by Crippen LogP contribution is -2.36. The highest BCUT2D eigenvalue weighted by molar-refractivity contribution is 7.91. The second-order valence-electron chi connectivity index (χ2n) is 9.45. The Balaban J connectivity index is 0.000000267. The third-order valence-corrected chi connectivity index (χ3v) is 9.00. The minimum Gasteiger partial charge on any atom is -0.480 e. The fraction of sp³-hybridized carbons (Fsp3) is 0.286.